The first-order valence-electron chi connectivity index (χ1n) is 7.83. The number of tetrazole rings is 1. The van der Waals surface area contributed by atoms with E-state index < -0.39 is 0 Å². The third kappa shape index (κ3) is 2.27. The lowest BCUT2D eigenvalue weighted by Gasteiger charge is -2.12. The molecule has 0 saturated carbocycles. The minimum Gasteiger partial charge on any atom is -0.422 e. The molecule has 1 unspecified atom stereocenters. The fourth-order valence-electron chi connectivity index (χ4n) is 3.27. The lowest BCUT2D eigenvalue weighted by Crippen LogP contribution is -2.03. The van der Waals surface area contributed by atoms with Crippen molar-refractivity contribution in [2.24, 2.45) is 0 Å². The van der Waals surface area contributed by atoms with Crippen molar-refractivity contribution >= 4 is 5.78 Å². The van der Waals surface area contributed by atoms with E-state index in [1.807, 2.05) is 49.4 Å². The van der Waals surface area contributed by atoms with Crippen LogP contribution in [0.2, 0.25) is 0 Å². The van der Waals surface area contributed by atoms with Crippen molar-refractivity contribution in [3.8, 4) is 17.4 Å². The maximum absolute atomic E-state index is 12.4. The molecule has 0 N–H and O–H groups in total. The Kier molecular flexibility index (Phi) is 3.37. The number of hydrogen-bond donors (Lipinski definition) is 0. The largest absolute Gasteiger partial charge is 0.422 e. The Morgan fingerprint density at radius 1 is 1.17 bits per heavy atom. The number of hydrogen-bond acceptors (Lipinski definition) is 5. The number of nitrogens with zero attached hydrogens (tertiary/aromatic N) is 4. The first-order valence-corrected chi connectivity index (χ1v) is 7.83. The van der Waals surface area contributed by atoms with E-state index in [9.17, 15) is 4.79 Å². The molecule has 1 aliphatic rings. The van der Waals surface area contributed by atoms with E-state index in [4.69, 9.17) is 4.74 Å². The minimum atomic E-state index is 0.106. The maximum atomic E-state index is 12.4. The molecule has 1 aromatic heterocycles. The van der Waals surface area contributed by atoms with E-state index in [1.165, 1.54) is 4.68 Å². The Morgan fingerprint density at radius 2 is 1.96 bits per heavy atom. The Bertz CT molecular complexity index is 918. The third-order valence-corrected chi connectivity index (χ3v) is 4.33. The summed E-state index contributed by atoms with van der Waals surface area (Å²) >= 11 is 0. The highest BCUT2D eigenvalue weighted by Crippen LogP contribution is 2.41. The zero-order valence-corrected chi connectivity index (χ0v) is 13.4. The topological polar surface area (TPSA) is 69.9 Å². The summed E-state index contributed by atoms with van der Waals surface area (Å²) in [4.78, 5) is 12.4. The predicted octanol–water partition coefficient (Wildman–Crippen LogP) is 3.45. The van der Waals surface area contributed by atoms with Crippen LogP contribution in [-0.2, 0) is 0 Å². The highest BCUT2D eigenvalue weighted by atomic mass is 16.5. The quantitative estimate of drug-likeness (QED) is 0.739. The number of Topliss-reactive ketones (excluding diaryl/α,β-unsaturated/α-hetero) is 1. The summed E-state index contributed by atoms with van der Waals surface area (Å²) in [6.07, 6.45) is 0.514. The van der Waals surface area contributed by atoms with Gasteiger partial charge in [-0.1, -0.05) is 36.3 Å². The van der Waals surface area contributed by atoms with E-state index in [2.05, 4.69) is 22.4 Å². The number of ketones is 1. The van der Waals surface area contributed by atoms with Crippen LogP contribution in [0.5, 0.6) is 11.8 Å². The van der Waals surface area contributed by atoms with Gasteiger partial charge in [0.05, 0.1) is 11.3 Å². The van der Waals surface area contributed by atoms with Crippen molar-refractivity contribution in [2.75, 3.05) is 0 Å². The average Bonchev–Trinajstić information content (AvgIpc) is 3.16. The fraction of sp³-hybridized carbons (Fsp3) is 0.222. The van der Waals surface area contributed by atoms with Crippen LogP contribution < -0.4 is 4.74 Å². The zero-order valence-electron chi connectivity index (χ0n) is 13.4. The molecule has 0 saturated heterocycles. The lowest BCUT2D eigenvalue weighted by molar-refractivity contribution is 0.0988. The molecule has 0 bridgehead atoms. The second-order valence-electron chi connectivity index (χ2n) is 6.01. The average molecular weight is 320 g/mol. The van der Waals surface area contributed by atoms with Crippen molar-refractivity contribution in [2.45, 2.75) is 26.2 Å². The molecule has 1 atom stereocenters. The van der Waals surface area contributed by atoms with E-state index in [0.29, 0.717) is 17.7 Å². The number of para-hydroxylation sites is 1. The van der Waals surface area contributed by atoms with Gasteiger partial charge < -0.3 is 4.74 Å². The molecule has 0 amide bonds. The van der Waals surface area contributed by atoms with Gasteiger partial charge in [0.2, 0.25) is 0 Å². The SMILES string of the molecule is Cc1ccc(Oc2nnnn2-c2ccccc2)c2c1C(C)CC2=O. The van der Waals surface area contributed by atoms with Crippen LogP contribution in [0.25, 0.3) is 5.69 Å². The molecule has 1 heterocycles. The number of ether oxygens (including phenoxy) is 1. The van der Waals surface area contributed by atoms with Crippen LogP contribution >= 0.6 is 0 Å². The standard InChI is InChI=1S/C18H16N4O2/c1-11-8-9-15(17-14(23)10-12(2)16(11)17)24-18-19-20-21-22(18)13-6-4-3-5-7-13/h3-9,12H,10H2,1-2H3. The Hall–Kier alpha value is -3.02. The van der Waals surface area contributed by atoms with E-state index >= 15 is 0 Å². The Morgan fingerprint density at radius 3 is 2.75 bits per heavy atom. The van der Waals surface area contributed by atoms with Gasteiger partial charge in [-0.15, -0.1) is 0 Å². The van der Waals surface area contributed by atoms with Crippen molar-refractivity contribution in [3.05, 3.63) is 59.2 Å². The molecule has 6 nitrogen and oxygen atoms in total. The number of fused-ring (bicyclic) bond motifs is 1. The molecule has 1 aliphatic carbocycles. The third-order valence-electron chi connectivity index (χ3n) is 4.33. The predicted molar refractivity (Wildman–Crippen MR) is 87.8 cm³/mol. The van der Waals surface area contributed by atoms with Crippen molar-refractivity contribution in [1.29, 1.82) is 0 Å². The van der Waals surface area contributed by atoms with E-state index in [1.54, 1.807) is 0 Å². The lowest BCUT2D eigenvalue weighted by atomic mass is 9.98. The molecule has 2 aromatic carbocycles. The number of aromatic nitrogens is 4. The number of rotatable bonds is 3. The molecule has 0 spiro atoms. The number of carbonyl (C=O) groups excluding carboxylic acids is 1. The second-order valence-corrected chi connectivity index (χ2v) is 6.01. The van der Waals surface area contributed by atoms with Gasteiger partial charge in [0.1, 0.15) is 5.75 Å². The first kappa shape index (κ1) is 14.6. The van der Waals surface area contributed by atoms with Crippen molar-refractivity contribution in [1.82, 2.24) is 20.2 Å². The Labute approximate surface area is 139 Å². The fourth-order valence-corrected chi connectivity index (χ4v) is 3.27. The van der Waals surface area contributed by atoms with Gasteiger partial charge >= 0.3 is 6.01 Å². The molecular formula is C18H16N4O2. The molecule has 0 fully saturated rings. The summed E-state index contributed by atoms with van der Waals surface area (Å²) < 4.78 is 7.44. The van der Waals surface area contributed by atoms with E-state index in [0.717, 1.165) is 16.8 Å². The molecule has 3 aromatic rings. The van der Waals surface area contributed by atoms with Crippen molar-refractivity contribution < 1.29 is 9.53 Å². The van der Waals surface area contributed by atoms with Gasteiger partial charge in [0.25, 0.3) is 0 Å². The summed E-state index contributed by atoms with van der Waals surface area (Å²) in [7, 11) is 0. The number of aryl methyl sites for hydroxylation is 1. The van der Waals surface area contributed by atoms with Gasteiger partial charge in [-0.05, 0) is 52.6 Å². The van der Waals surface area contributed by atoms with Gasteiger partial charge in [-0.3, -0.25) is 4.79 Å². The van der Waals surface area contributed by atoms with Crippen LogP contribution in [0.3, 0.4) is 0 Å². The number of benzene rings is 2. The smallest absolute Gasteiger partial charge is 0.345 e. The highest BCUT2D eigenvalue weighted by Gasteiger charge is 2.31. The summed E-state index contributed by atoms with van der Waals surface area (Å²) in [5.41, 5.74) is 3.63. The highest BCUT2D eigenvalue weighted by molar-refractivity contribution is 6.04. The number of carbonyl (C=O) groups is 1. The molecule has 24 heavy (non-hydrogen) atoms. The maximum Gasteiger partial charge on any atom is 0.345 e. The Balaban J connectivity index is 1.77. The van der Waals surface area contributed by atoms with Crippen LogP contribution in [-0.4, -0.2) is 26.0 Å². The van der Waals surface area contributed by atoms with Gasteiger partial charge in [-0.25, -0.2) is 0 Å². The molecule has 6 heteroatoms. The summed E-state index contributed by atoms with van der Waals surface area (Å²) in [5, 5.41) is 11.6. The molecule has 120 valence electrons. The monoisotopic (exact) mass is 320 g/mol. The van der Waals surface area contributed by atoms with E-state index in [-0.39, 0.29) is 17.7 Å². The summed E-state index contributed by atoms with van der Waals surface area (Å²) in [5.74, 6) is 0.827. The first-order chi connectivity index (χ1) is 11.6. The minimum absolute atomic E-state index is 0.106. The summed E-state index contributed by atoms with van der Waals surface area (Å²) in [6, 6.07) is 13.5. The second kappa shape index (κ2) is 5.56. The van der Waals surface area contributed by atoms with Crippen molar-refractivity contribution in [3.63, 3.8) is 0 Å². The molecule has 4 rings (SSSR count). The van der Waals surface area contributed by atoms with Gasteiger partial charge in [-0.2, -0.15) is 4.68 Å². The summed E-state index contributed by atoms with van der Waals surface area (Å²) in [6.45, 7) is 4.08. The van der Waals surface area contributed by atoms with Gasteiger partial charge in [0, 0.05) is 6.42 Å². The van der Waals surface area contributed by atoms with Gasteiger partial charge in [0.15, 0.2) is 5.78 Å². The zero-order chi connectivity index (χ0) is 16.7. The molecule has 0 radical (unpaired) electrons. The van der Waals surface area contributed by atoms with Crippen LogP contribution in [0.15, 0.2) is 42.5 Å². The normalized spacial score (nSPS) is 16.2. The van der Waals surface area contributed by atoms with Crippen LogP contribution in [0, 0.1) is 6.92 Å². The van der Waals surface area contributed by atoms with Crippen LogP contribution in [0.1, 0.15) is 40.7 Å². The molecular weight excluding hydrogens is 304 g/mol. The molecule has 0 aliphatic heterocycles. The van der Waals surface area contributed by atoms with Crippen LogP contribution in [0.4, 0.5) is 0 Å².